The summed E-state index contributed by atoms with van der Waals surface area (Å²) in [6.45, 7) is 2.28. The molecule has 0 saturated carbocycles. The fourth-order valence-electron chi connectivity index (χ4n) is 2.29. The van der Waals surface area contributed by atoms with Crippen LogP contribution in [0.2, 0.25) is 0 Å². The zero-order valence-electron chi connectivity index (χ0n) is 14.4. The molecule has 1 aromatic heterocycles. The molecule has 7 nitrogen and oxygen atoms in total. The van der Waals surface area contributed by atoms with E-state index in [1.807, 2.05) is 36.6 Å². The van der Waals surface area contributed by atoms with E-state index in [-0.39, 0.29) is 30.6 Å². The minimum Gasteiger partial charge on any atom is -0.461 e. The number of methoxy groups -OCH3 is 1. The fraction of sp³-hybridized carbons (Fsp3) is 0.353. The number of imidazole rings is 1. The topological polar surface area (TPSA) is 82.4 Å². The third-order valence-corrected chi connectivity index (χ3v) is 3.98. The number of ether oxygens (including phenoxy) is 2. The average Bonchev–Trinajstić information content (AvgIpc) is 2.93. The fourth-order valence-corrected chi connectivity index (χ4v) is 2.85. The van der Waals surface area contributed by atoms with Gasteiger partial charge in [-0.2, -0.15) is 0 Å². The molecule has 0 unspecified atom stereocenters. The number of carbonyl (C=O) groups is 2. The number of amides is 1. The third-order valence-electron chi connectivity index (χ3n) is 3.30. The predicted molar refractivity (Wildman–Crippen MR) is 96.0 cm³/mol. The normalized spacial score (nSPS) is 10.5. The van der Waals surface area contributed by atoms with Crippen molar-refractivity contribution in [1.82, 2.24) is 9.55 Å². The molecule has 0 aliphatic heterocycles. The quantitative estimate of drug-likeness (QED) is 0.573. The van der Waals surface area contributed by atoms with Gasteiger partial charge in [-0.1, -0.05) is 42.1 Å². The van der Waals surface area contributed by atoms with Crippen LogP contribution < -0.4 is 5.32 Å². The average molecular weight is 363 g/mol. The van der Waals surface area contributed by atoms with Crippen LogP contribution in [0.4, 0.5) is 5.82 Å². The van der Waals surface area contributed by atoms with Gasteiger partial charge in [0, 0.05) is 7.11 Å². The van der Waals surface area contributed by atoms with Crippen molar-refractivity contribution in [3.63, 3.8) is 0 Å². The van der Waals surface area contributed by atoms with Crippen molar-refractivity contribution >= 4 is 29.5 Å². The Balaban J connectivity index is 2.45. The van der Waals surface area contributed by atoms with Crippen LogP contribution in [0, 0.1) is 0 Å². The molecule has 0 aliphatic rings. The maximum Gasteiger partial charge on any atom is 0.358 e. The summed E-state index contributed by atoms with van der Waals surface area (Å²) < 4.78 is 11.7. The van der Waals surface area contributed by atoms with Crippen LogP contribution in [0.15, 0.2) is 35.5 Å². The maximum absolute atomic E-state index is 12.5. The van der Waals surface area contributed by atoms with Gasteiger partial charge in [0.05, 0.1) is 13.2 Å². The van der Waals surface area contributed by atoms with Crippen LogP contribution in [-0.4, -0.2) is 48.0 Å². The first-order chi connectivity index (χ1) is 12.1. The lowest BCUT2D eigenvalue weighted by molar-refractivity contribution is -0.119. The number of carbonyl (C=O) groups excluding carboxylic acids is 2. The van der Waals surface area contributed by atoms with E-state index >= 15 is 0 Å². The lowest BCUT2D eigenvalue weighted by Gasteiger charge is -2.11. The number of hydrogen-bond acceptors (Lipinski definition) is 6. The maximum atomic E-state index is 12.5. The number of hydrogen-bond donors (Lipinski definition) is 1. The van der Waals surface area contributed by atoms with Crippen LogP contribution in [0.1, 0.15) is 23.0 Å². The van der Waals surface area contributed by atoms with Gasteiger partial charge in [0.25, 0.3) is 5.91 Å². The van der Waals surface area contributed by atoms with E-state index in [9.17, 15) is 9.59 Å². The number of esters is 1. The molecule has 2 aromatic rings. The molecule has 1 aromatic carbocycles. The molecule has 2 rings (SSSR count). The number of thioether (sulfide) groups is 1. The summed E-state index contributed by atoms with van der Waals surface area (Å²) in [5.74, 6) is -0.732. The molecule has 0 bridgehead atoms. The first-order valence-corrected chi connectivity index (χ1v) is 8.97. The zero-order valence-corrected chi connectivity index (χ0v) is 15.3. The Morgan fingerprint density at radius 1 is 1.28 bits per heavy atom. The minimum absolute atomic E-state index is 0.123. The van der Waals surface area contributed by atoms with E-state index in [1.54, 1.807) is 11.5 Å². The Morgan fingerprint density at radius 3 is 2.60 bits per heavy atom. The molecule has 134 valence electrons. The van der Waals surface area contributed by atoms with E-state index in [0.29, 0.717) is 11.7 Å². The lowest BCUT2D eigenvalue weighted by atomic mass is 10.2. The molecular weight excluding hydrogens is 342 g/mol. The van der Waals surface area contributed by atoms with Crippen molar-refractivity contribution in [3.05, 3.63) is 41.6 Å². The second-order valence-electron chi connectivity index (χ2n) is 5.07. The number of anilines is 1. The summed E-state index contributed by atoms with van der Waals surface area (Å²) >= 11 is 1.39. The van der Waals surface area contributed by atoms with E-state index in [2.05, 4.69) is 10.3 Å². The van der Waals surface area contributed by atoms with Gasteiger partial charge in [0.2, 0.25) is 0 Å². The molecule has 25 heavy (non-hydrogen) atoms. The Bertz CT molecular complexity index is 731. The number of benzene rings is 1. The van der Waals surface area contributed by atoms with Gasteiger partial charge in [0.15, 0.2) is 16.7 Å². The number of rotatable bonds is 8. The van der Waals surface area contributed by atoms with Gasteiger partial charge < -0.3 is 19.4 Å². The first kappa shape index (κ1) is 19.0. The highest BCUT2D eigenvalue weighted by molar-refractivity contribution is 7.98. The Labute approximate surface area is 150 Å². The number of aromatic nitrogens is 2. The third kappa shape index (κ3) is 4.83. The monoisotopic (exact) mass is 363 g/mol. The van der Waals surface area contributed by atoms with Crippen molar-refractivity contribution in [2.75, 3.05) is 31.9 Å². The summed E-state index contributed by atoms with van der Waals surface area (Å²) in [5, 5.41) is 3.23. The molecule has 0 saturated heterocycles. The van der Waals surface area contributed by atoms with Gasteiger partial charge in [0.1, 0.15) is 6.61 Å². The molecular formula is C17H21N3O4S. The van der Waals surface area contributed by atoms with E-state index in [0.717, 1.165) is 5.56 Å². The smallest absolute Gasteiger partial charge is 0.358 e. The Morgan fingerprint density at radius 2 is 2.00 bits per heavy atom. The van der Waals surface area contributed by atoms with Gasteiger partial charge >= 0.3 is 5.97 Å². The van der Waals surface area contributed by atoms with E-state index in [4.69, 9.17) is 9.47 Å². The van der Waals surface area contributed by atoms with Crippen LogP contribution in [0.5, 0.6) is 0 Å². The molecule has 0 radical (unpaired) electrons. The summed E-state index contributed by atoms with van der Waals surface area (Å²) in [6, 6.07) is 9.70. The van der Waals surface area contributed by atoms with Crippen LogP contribution in [-0.2, 0) is 20.8 Å². The van der Waals surface area contributed by atoms with Gasteiger partial charge in [-0.15, -0.1) is 0 Å². The molecule has 1 amide bonds. The minimum atomic E-state index is -0.529. The zero-order chi connectivity index (χ0) is 18.2. The van der Waals surface area contributed by atoms with Crippen molar-refractivity contribution in [2.24, 2.45) is 0 Å². The SMILES string of the molecule is CCOC(=O)c1c(NC(=O)COC)nc(SC)n1Cc1ccccc1. The van der Waals surface area contributed by atoms with Crippen LogP contribution in [0.3, 0.4) is 0 Å². The van der Waals surface area contributed by atoms with Crippen molar-refractivity contribution in [2.45, 2.75) is 18.6 Å². The molecule has 8 heteroatoms. The summed E-state index contributed by atoms with van der Waals surface area (Å²) in [5.41, 5.74) is 1.23. The summed E-state index contributed by atoms with van der Waals surface area (Å²) in [7, 11) is 1.42. The highest BCUT2D eigenvalue weighted by Gasteiger charge is 2.25. The van der Waals surface area contributed by atoms with E-state index < -0.39 is 5.97 Å². The molecule has 0 atom stereocenters. The Hall–Kier alpha value is -2.32. The second kappa shape index (κ2) is 9.24. The molecule has 1 heterocycles. The predicted octanol–water partition coefficient (Wildman–Crippen LogP) is 2.41. The van der Waals surface area contributed by atoms with Gasteiger partial charge in [-0.3, -0.25) is 4.79 Å². The summed E-state index contributed by atoms with van der Waals surface area (Å²) in [6.07, 6.45) is 1.86. The standard InChI is InChI=1S/C17H21N3O4S/c1-4-24-16(22)14-15(18-13(21)11-23-2)19-17(25-3)20(14)10-12-8-6-5-7-9-12/h5-9H,4,10-11H2,1-3H3,(H,18,21). The highest BCUT2D eigenvalue weighted by atomic mass is 32.2. The molecule has 0 spiro atoms. The van der Waals surface area contributed by atoms with Gasteiger partial charge in [-0.25, -0.2) is 9.78 Å². The molecule has 0 aliphatic carbocycles. The first-order valence-electron chi connectivity index (χ1n) is 7.75. The van der Waals surface area contributed by atoms with E-state index in [1.165, 1.54) is 18.9 Å². The van der Waals surface area contributed by atoms with Crippen molar-refractivity contribution in [3.8, 4) is 0 Å². The largest absolute Gasteiger partial charge is 0.461 e. The van der Waals surface area contributed by atoms with Crippen molar-refractivity contribution in [1.29, 1.82) is 0 Å². The highest BCUT2D eigenvalue weighted by Crippen LogP contribution is 2.26. The number of nitrogens with zero attached hydrogens (tertiary/aromatic N) is 2. The summed E-state index contributed by atoms with van der Waals surface area (Å²) in [4.78, 5) is 28.7. The molecule has 0 fully saturated rings. The van der Waals surface area contributed by atoms with Gasteiger partial charge in [-0.05, 0) is 18.7 Å². The Kier molecular flexibility index (Phi) is 7.03. The van der Waals surface area contributed by atoms with Crippen LogP contribution in [0.25, 0.3) is 0 Å². The second-order valence-corrected chi connectivity index (χ2v) is 5.84. The number of nitrogens with one attached hydrogen (secondary N) is 1. The lowest BCUT2D eigenvalue weighted by Crippen LogP contribution is -2.21. The molecule has 1 N–H and O–H groups in total. The van der Waals surface area contributed by atoms with Crippen LogP contribution >= 0.6 is 11.8 Å². The van der Waals surface area contributed by atoms with Crippen molar-refractivity contribution < 1.29 is 19.1 Å².